The van der Waals surface area contributed by atoms with Gasteiger partial charge in [0.25, 0.3) is 5.91 Å². The number of amides is 1. The number of benzene rings is 3. The zero-order valence-corrected chi connectivity index (χ0v) is 22.3. The van der Waals surface area contributed by atoms with E-state index in [2.05, 4.69) is 4.98 Å². The number of hydrogen-bond acceptors (Lipinski definition) is 3. The summed E-state index contributed by atoms with van der Waals surface area (Å²) in [7, 11) is 0. The Bertz CT molecular complexity index is 1830. The van der Waals surface area contributed by atoms with Crippen LogP contribution in [-0.4, -0.2) is 21.2 Å². The number of fused-ring (bicyclic) bond motifs is 1. The highest BCUT2D eigenvalue weighted by Crippen LogP contribution is 2.36. The highest BCUT2D eigenvalue weighted by molar-refractivity contribution is 5.94. The zero-order chi connectivity index (χ0) is 30.9. The molecule has 0 aliphatic carbocycles. The predicted molar refractivity (Wildman–Crippen MR) is 148 cm³/mol. The van der Waals surface area contributed by atoms with Gasteiger partial charge in [-0.15, -0.1) is 0 Å². The number of Topliss-reactive ketones (excluding diaryl/α,β-unsaturated/α-hetero) is 1. The van der Waals surface area contributed by atoms with Crippen molar-refractivity contribution in [2.75, 3.05) is 0 Å². The van der Waals surface area contributed by atoms with E-state index in [9.17, 15) is 35.9 Å². The molecule has 2 aromatic heterocycles. The minimum atomic E-state index is -4.73. The van der Waals surface area contributed by atoms with Gasteiger partial charge in [0.05, 0.1) is 17.8 Å². The largest absolute Gasteiger partial charge is 0.431 e. The zero-order valence-electron chi connectivity index (χ0n) is 22.3. The van der Waals surface area contributed by atoms with Crippen molar-refractivity contribution in [3.05, 3.63) is 125 Å². The van der Waals surface area contributed by atoms with Crippen LogP contribution in [0.25, 0.3) is 22.0 Å². The van der Waals surface area contributed by atoms with Gasteiger partial charge in [0, 0.05) is 41.1 Å². The number of halogens is 6. The molecular formula is C32H23F6N3O2. The quantitative estimate of drug-likeness (QED) is 0.183. The third-order valence-electron chi connectivity index (χ3n) is 7.08. The number of alkyl halides is 3. The Labute approximate surface area is 241 Å². The number of pyridine rings is 1. The molecule has 5 nitrogen and oxygen atoms in total. The molecule has 0 fully saturated rings. The number of nitrogens with two attached hydrogens (primary N) is 1. The first-order valence-electron chi connectivity index (χ1n) is 13.1. The Hall–Kier alpha value is -4.93. The molecule has 2 N–H and O–H groups in total. The number of primary amides is 1. The Morgan fingerprint density at radius 1 is 0.884 bits per heavy atom. The smallest absolute Gasteiger partial charge is 0.366 e. The second-order valence-corrected chi connectivity index (χ2v) is 10.1. The van der Waals surface area contributed by atoms with E-state index in [-0.39, 0.29) is 35.2 Å². The summed E-state index contributed by atoms with van der Waals surface area (Å²) in [6.07, 6.45) is -3.77. The molecule has 0 saturated heterocycles. The second kappa shape index (κ2) is 11.7. The fourth-order valence-electron chi connectivity index (χ4n) is 5.28. The topological polar surface area (TPSA) is 78.0 Å². The van der Waals surface area contributed by atoms with E-state index in [1.165, 1.54) is 30.5 Å². The van der Waals surface area contributed by atoms with E-state index in [0.717, 1.165) is 28.8 Å². The van der Waals surface area contributed by atoms with Crippen LogP contribution < -0.4 is 5.73 Å². The Morgan fingerprint density at radius 3 is 2.30 bits per heavy atom. The van der Waals surface area contributed by atoms with Gasteiger partial charge < -0.3 is 10.3 Å². The molecule has 43 heavy (non-hydrogen) atoms. The third kappa shape index (κ3) is 6.45. The number of nitrogens with zero attached hydrogens (tertiary/aromatic N) is 2. The lowest BCUT2D eigenvalue weighted by molar-refractivity contribution is -0.143. The summed E-state index contributed by atoms with van der Waals surface area (Å²) in [5.41, 5.74) is 5.31. The van der Waals surface area contributed by atoms with Gasteiger partial charge in [-0.05, 0) is 60.0 Å². The van der Waals surface area contributed by atoms with Crippen LogP contribution in [0.3, 0.4) is 0 Å². The van der Waals surface area contributed by atoms with Gasteiger partial charge in [-0.3, -0.25) is 14.6 Å². The summed E-state index contributed by atoms with van der Waals surface area (Å²) in [4.78, 5) is 29.7. The van der Waals surface area contributed by atoms with E-state index in [4.69, 9.17) is 5.73 Å². The van der Waals surface area contributed by atoms with E-state index in [0.29, 0.717) is 22.6 Å². The van der Waals surface area contributed by atoms with Crippen molar-refractivity contribution >= 4 is 22.6 Å². The van der Waals surface area contributed by atoms with E-state index < -0.39 is 53.5 Å². The summed E-state index contributed by atoms with van der Waals surface area (Å²) >= 11 is 0. The van der Waals surface area contributed by atoms with Gasteiger partial charge in [-0.2, -0.15) is 13.2 Å². The van der Waals surface area contributed by atoms with Crippen molar-refractivity contribution in [2.45, 2.75) is 31.5 Å². The maximum Gasteiger partial charge on any atom is 0.431 e. The fourth-order valence-corrected chi connectivity index (χ4v) is 5.28. The molecule has 5 rings (SSSR count). The molecular weight excluding hydrogens is 572 g/mol. The molecule has 11 heteroatoms. The number of para-hydroxylation sites is 1. The minimum Gasteiger partial charge on any atom is -0.366 e. The second-order valence-electron chi connectivity index (χ2n) is 10.1. The van der Waals surface area contributed by atoms with Crippen LogP contribution in [0.4, 0.5) is 26.3 Å². The van der Waals surface area contributed by atoms with Gasteiger partial charge in [0.2, 0.25) is 0 Å². The molecule has 0 aliphatic heterocycles. The predicted octanol–water partition coefficient (Wildman–Crippen LogP) is 7.22. The van der Waals surface area contributed by atoms with Crippen LogP contribution >= 0.6 is 0 Å². The SMILES string of the molecule is NC(=O)c1cc(-c2cccnc2[C@@H](CC(=O)Cn2c(C(F)(F)F)cc3ccccc32)Cc2cc(F)cc(F)c2)ccc1F. The molecule has 0 aliphatic rings. The average molecular weight is 596 g/mol. The first-order valence-corrected chi connectivity index (χ1v) is 13.1. The first-order chi connectivity index (χ1) is 20.4. The molecule has 1 amide bonds. The highest BCUT2D eigenvalue weighted by atomic mass is 19.4. The molecule has 2 heterocycles. The number of aromatic nitrogens is 2. The normalized spacial score (nSPS) is 12.4. The van der Waals surface area contributed by atoms with Crippen molar-refractivity contribution < 1.29 is 35.9 Å². The molecule has 3 aromatic carbocycles. The standard InChI is InChI=1S/C32H23F6N3O2/c33-22-11-18(12-23(34)16-22)10-21(30-25(5-3-9-40-30)19-7-8-27(35)26(14-19)31(39)43)13-24(42)17-41-28-6-2-1-4-20(28)15-29(41)32(36,37)38/h1-9,11-12,14-16,21H,10,13,17H2,(H2,39,43)/t21-/m1/s1. The fraction of sp³-hybridized carbons (Fsp3) is 0.156. The lowest BCUT2D eigenvalue weighted by atomic mass is 9.86. The van der Waals surface area contributed by atoms with Crippen molar-refractivity contribution in [1.29, 1.82) is 0 Å². The van der Waals surface area contributed by atoms with Gasteiger partial charge >= 0.3 is 6.18 Å². The highest BCUT2D eigenvalue weighted by Gasteiger charge is 2.36. The average Bonchev–Trinajstić information content (AvgIpc) is 3.31. The third-order valence-corrected chi connectivity index (χ3v) is 7.08. The van der Waals surface area contributed by atoms with Crippen molar-refractivity contribution in [3.63, 3.8) is 0 Å². The van der Waals surface area contributed by atoms with E-state index in [1.807, 2.05) is 0 Å². The maximum absolute atomic E-state index is 14.2. The number of ketones is 1. The summed E-state index contributed by atoms with van der Waals surface area (Å²) in [5.74, 6) is -5.01. The van der Waals surface area contributed by atoms with Crippen LogP contribution in [0.1, 0.15) is 39.6 Å². The van der Waals surface area contributed by atoms with Crippen LogP contribution in [-0.2, 0) is 23.9 Å². The number of hydrogen-bond donors (Lipinski definition) is 1. The molecule has 5 aromatic rings. The van der Waals surface area contributed by atoms with Gasteiger partial charge in [-0.25, -0.2) is 13.2 Å². The monoisotopic (exact) mass is 595 g/mol. The molecule has 0 radical (unpaired) electrons. The molecule has 0 spiro atoms. The molecule has 0 bridgehead atoms. The van der Waals surface area contributed by atoms with Crippen LogP contribution in [0, 0.1) is 17.5 Å². The van der Waals surface area contributed by atoms with Crippen molar-refractivity contribution in [3.8, 4) is 11.1 Å². The van der Waals surface area contributed by atoms with Crippen LogP contribution in [0.5, 0.6) is 0 Å². The van der Waals surface area contributed by atoms with Gasteiger partial charge in [0.1, 0.15) is 23.1 Å². The molecule has 1 atom stereocenters. The summed E-state index contributed by atoms with van der Waals surface area (Å²) in [6, 6.07) is 16.8. The van der Waals surface area contributed by atoms with Crippen LogP contribution in [0.15, 0.2) is 85.1 Å². The first kappa shape index (κ1) is 29.6. The van der Waals surface area contributed by atoms with Crippen molar-refractivity contribution in [2.24, 2.45) is 5.73 Å². The van der Waals surface area contributed by atoms with Gasteiger partial charge in [0.15, 0.2) is 5.78 Å². The molecule has 0 saturated carbocycles. The van der Waals surface area contributed by atoms with E-state index >= 15 is 0 Å². The summed E-state index contributed by atoms with van der Waals surface area (Å²) in [5, 5.41) is 0.308. The lowest BCUT2D eigenvalue weighted by Crippen LogP contribution is -2.20. The summed E-state index contributed by atoms with van der Waals surface area (Å²) < 4.78 is 85.0. The van der Waals surface area contributed by atoms with E-state index in [1.54, 1.807) is 24.3 Å². The van der Waals surface area contributed by atoms with Gasteiger partial charge in [-0.1, -0.05) is 30.3 Å². The molecule has 0 unspecified atom stereocenters. The Kier molecular flexibility index (Phi) is 8.08. The Morgan fingerprint density at radius 2 is 1.60 bits per heavy atom. The number of carbonyl (C=O) groups is 2. The lowest BCUT2D eigenvalue weighted by Gasteiger charge is -2.21. The number of carbonyl (C=O) groups excluding carboxylic acids is 2. The molecule has 220 valence electrons. The Balaban J connectivity index is 1.56. The number of rotatable bonds is 9. The maximum atomic E-state index is 14.2. The minimum absolute atomic E-state index is 0.104. The van der Waals surface area contributed by atoms with Crippen molar-refractivity contribution in [1.82, 2.24) is 9.55 Å². The van der Waals surface area contributed by atoms with Crippen LogP contribution in [0.2, 0.25) is 0 Å². The summed E-state index contributed by atoms with van der Waals surface area (Å²) in [6.45, 7) is -0.624.